The molecule has 6 heteroatoms. The number of hydrogen-bond acceptors (Lipinski definition) is 5. The van der Waals surface area contributed by atoms with Crippen molar-refractivity contribution in [2.75, 3.05) is 38.3 Å². The van der Waals surface area contributed by atoms with E-state index in [9.17, 15) is 4.79 Å². The third-order valence-electron chi connectivity index (χ3n) is 5.99. The number of aromatic nitrogens is 1. The van der Waals surface area contributed by atoms with E-state index in [4.69, 9.17) is 21.1 Å². The van der Waals surface area contributed by atoms with Crippen LogP contribution in [0.15, 0.2) is 36.5 Å². The van der Waals surface area contributed by atoms with Crippen LogP contribution >= 0.6 is 11.6 Å². The number of ketones is 1. The van der Waals surface area contributed by atoms with Crippen molar-refractivity contribution in [2.24, 2.45) is 11.8 Å². The number of nitrogens with zero attached hydrogens (tertiary/aromatic N) is 1. The van der Waals surface area contributed by atoms with Gasteiger partial charge in [-0.25, -0.2) is 0 Å². The fourth-order valence-electron chi connectivity index (χ4n) is 4.13. The van der Waals surface area contributed by atoms with Crippen LogP contribution in [0.5, 0.6) is 0 Å². The molecule has 2 aromatic rings. The zero-order valence-corrected chi connectivity index (χ0v) is 18.0. The maximum Gasteiger partial charge on any atom is 0.144 e. The number of ether oxygens (including phenoxy) is 2. The van der Waals surface area contributed by atoms with Crippen LogP contribution in [0, 0.1) is 11.8 Å². The second-order valence-electron chi connectivity index (χ2n) is 8.23. The second kappa shape index (κ2) is 10.4. The molecule has 1 aromatic carbocycles. The van der Waals surface area contributed by atoms with Crippen LogP contribution in [0.1, 0.15) is 31.4 Å². The summed E-state index contributed by atoms with van der Waals surface area (Å²) < 4.78 is 10.9. The summed E-state index contributed by atoms with van der Waals surface area (Å²) in [6, 6.07) is 10.2. The molecule has 0 spiro atoms. The van der Waals surface area contributed by atoms with Gasteiger partial charge < -0.3 is 14.8 Å². The number of benzene rings is 1. The van der Waals surface area contributed by atoms with Gasteiger partial charge in [-0.1, -0.05) is 23.7 Å². The maximum absolute atomic E-state index is 12.6. The van der Waals surface area contributed by atoms with Gasteiger partial charge in [-0.3, -0.25) is 9.78 Å². The summed E-state index contributed by atoms with van der Waals surface area (Å²) in [4.78, 5) is 17.0. The number of carbonyl (C=O) groups is 1. The SMILES string of the molecule is O=C(Cc1cc(-c2cccc(NCC3CCOCC3)c2)c(Cl)cn1)C1CCCOC1. The molecule has 0 bridgehead atoms. The fraction of sp³-hybridized carbons (Fsp3) is 0.500. The molecule has 160 valence electrons. The summed E-state index contributed by atoms with van der Waals surface area (Å²) in [5.74, 6) is 0.827. The second-order valence-corrected chi connectivity index (χ2v) is 8.64. The summed E-state index contributed by atoms with van der Waals surface area (Å²) >= 11 is 6.47. The van der Waals surface area contributed by atoms with E-state index in [1.165, 1.54) is 0 Å². The first-order chi connectivity index (χ1) is 14.7. The first-order valence-corrected chi connectivity index (χ1v) is 11.2. The lowest BCUT2D eigenvalue weighted by Crippen LogP contribution is -2.26. The van der Waals surface area contributed by atoms with Crippen molar-refractivity contribution in [2.45, 2.75) is 32.1 Å². The predicted octanol–water partition coefficient (Wildman–Crippen LogP) is 4.78. The molecule has 4 rings (SSSR count). The maximum atomic E-state index is 12.6. The molecular formula is C24H29ClN2O3. The molecule has 2 aliphatic heterocycles. The zero-order valence-electron chi connectivity index (χ0n) is 17.2. The topological polar surface area (TPSA) is 60.5 Å². The molecule has 0 saturated carbocycles. The predicted molar refractivity (Wildman–Crippen MR) is 119 cm³/mol. The van der Waals surface area contributed by atoms with E-state index >= 15 is 0 Å². The first-order valence-electron chi connectivity index (χ1n) is 10.9. The monoisotopic (exact) mass is 428 g/mol. The van der Waals surface area contributed by atoms with Gasteiger partial charge in [0.25, 0.3) is 0 Å². The quantitative estimate of drug-likeness (QED) is 0.687. The lowest BCUT2D eigenvalue weighted by atomic mass is 9.94. The van der Waals surface area contributed by atoms with Crippen molar-refractivity contribution in [3.8, 4) is 11.1 Å². The lowest BCUT2D eigenvalue weighted by Gasteiger charge is -2.22. The molecule has 0 amide bonds. The Bertz CT molecular complexity index is 861. The van der Waals surface area contributed by atoms with Crippen LogP contribution in [-0.4, -0.2) is 43.7 Å². The summed E-state index contributed by atoms with van der Waals surface area (Å²) in [6.45, 7) is 3.94. The molecule has 1 unspecified atom stereocenters. The highest BCUT2D eigenvalue weighted by molar-refractivity contribution is 6.33. The molecular weight excluding hydrogens is 400 g/mol. The average Bonchev–Trinajstić information content (AvgIpc) is 2.80. The molecule has 2 fully saturated rings. The molecule has 1 N–H and O–H groups in total. The van der Waals surface area contributed by atoms with Crippen LogP contribution in [-0.2, 0) is 20.7 Å². The van der Waals surface area contributed by atoms with Gasteiger partial charge in [-0.05, 0) is 55.4 Å². The van der Waals surface area contributed by atoms with Gasteiger partial charge in [-0.15, -0.1) is 0 Å². The Balaban J connectivity index is 1.45. The highest BCUT2D eigenvalue weighted by atomic mass is 35.5. The lowest BCUT2D eigenvalue weighted by molar-refractivity contribution is -0.126. The summed E-state index contributed by atoms with van der Waals surface area (Å²) in [6.07, 6.45) is 6.03. The van der Waals surface area contributed by atoms with Crippen molar-refractivity contribution in [3.05, 3.63) is 47.2 Å². The fourth-order valence-corrected chi connectivity index (χ4v) is 4.34. The smallest absolute Gasteiger partial charge is 0.144 e. The Labute approximate surface area is 183 Å². The Morgan fingerprint density at radius 2 is 2.00 bits per heavy atom. The minimum Gasteiger partial charge on any atom is -0.385 e. The molecule has 3 heterocycles. The highest BCUT2D eigenvalue weighted by Crippen LogP contribution is 2.30. The number of hydrogen-bond donors (Lipinski definition) is 1. The number of halogens is 1. The average molecular weight is 429 g/mol. The minimum atomic E-state index is -0.0163. The van der Waals surface area contributed by atoms with E-state index in [1.807, 2.05) is 18.2 Å². The van der Waals surface area contributed by atoms with E-state index in [0.717, 1.165) is 74.6 Å². The summed E-state index contributed by atoms with van der Waals surface area (Å²) in [5, 5.41) is 4.14. The molecule has 1 aromatic heterocycles. The van der Waals surface area contributed by atoms with Gasteiger partial charge in [-0.2, -0.15) is 0 Å². The minimum absolute atomic E-state index is 0.0163. The largest absolute Gasteiger partial charge is 0.385 e. The van der Waals surface area contributed by atoms with Crippen molar-refractivity contribution in [1.82, 2.24) is 4.98 Å². The van der Waals surface area contributed by atoms with E-state index < -0.39 is 0 Å². The molecule has 1 atom stereocenters. The number of Topliss-reactive ketones (excluding diaryl/α,β-unsaturated/α-hetero) is 1. The Morgan fingerprint density at radius 3 is 2.80 bits per heavy atom. The number of nitrogens with one attached hydrogen (secondary N) is 1. The van der Waals surface area contributed by atoms with Crippen LogP contribution in [0.25, 0.3) is 11.1 Å². The van der Waals surface area contributed by atoms with Crippen LogP contribution in [0.2, 0.25) is 5.02 Å². The summed E-state index contributed by atoms with van der Waals surface area (Å²) in [5.41, 5.74) is 3.76. The molecule has 30 heavy (non-hydrogen) atoms. The number of pyridine rings is 1. The van der Waals surface area contributed by atoms with Gasteiger partial charge >= 0.3 is 0 Å². The Morgan fingerprint density at radius 1 is 1.13 bits per heavy atom. The van der Waals surface area contributed by atoms with Gasteiger partial charge in [0.1, 0.15) is 5.78 Å². The van der Waals surface area contributed by atoms with Gasteiger partial charge in [0.15, 0.2) is 0 Å². The van der Waals surface area contributed by atoms with E-state index in [1.54, 1.807) is 6.20 Å². The van der Waals surface area contributed by atoms with Crippen molar-refractivity contribution < 1.29 is 14.3 Å². The van der Waals surface area contributed by atoms with E-state index in [-0.39, 0.29) is 11.7 Å². The highest BCUT2D eigenvalue weighted by Gasteiger charge is 2.22. The standard InChI is InChI=1S/C24H29ClN2O3/c25-23-15-27-21(13-24(28)19-4-2-8-30-16-19)12-22(23)18-3-1-5-20(11-18)26-14-17-6-9-29-10-7-17/h1,3,5,11-12,15,17,19,26H,2,4,6-10,13-14,16H2. The normalized spacial score (nSPS) is 20.1. The number of rotatable bonds is 7. The van der Waals surface area contributed by atoms with Crippen LogP contribution in [0.3, 0.4) is 0 Å². The third kappa shape index (κ3) is 5.60. The van der Waals surface area contributed by atoms with Crippen molar-refractivity contribution in [3.63, 3.8) is 0 Å². The number of carbonyl (C=O) groups excluding carboxylic acids is 1. The molecule has 2 aliphatic rings. The molecule has 0 radical (unpaired) electrons. The van der Waals surface area contributed by atoms with Crippen LogP contribution < -0.4 is 5.32 Å². The summed E-state index contributed by atoms with van der Waals surface area (Å²) in [7, 11) is 0. The van der Waals surface area contributed by atoms with E-state index in [0.29, 0.717) is 24.0 Å². The van der Waals surface area contributed by atoms with E-state index in [2.05, 4.69) is 22.4 Å². The zero-order chi connectivity index (χ0) is 20.8. The van der Waals surface area contributed by atoms with Crippen molar-refractivity contribution in [1.29, 1.82) is 0 Å². The van der Waals surface area contributed by atoms with Gasteiger partial charge in [0.2, 0.25) is 0 Å². The molecule has 5 nitrogen and oxygen atoms in total. The first kappa shape index (κ1) is 21.3. The number of anilines is 1. The Kier molecular flexibility index (Phi) is 7.37. The Hall–Kier alpha value is -1.95. The van der Waals surface area contributed by atoms with Gasteiger partial charge in [0.05, 0.1) is 11.6 Å². The molecule has 0 aliphatic carbocycles. The third-order valence-corrected chi connectivity index (χ3v) is 6.29. The van der Waals surface area contributed by atoms with Crippen molar-refractivity contribution >= 4 is 23.1 Å². The van der Waals surface area contributed by atoms with Gasteiger partial charge in [0, 0.05) is 61.8 Å². The van der Waals surface area contributed by atoms with Crippen LogP contribution in [0.4, 0.5) is 5.69 Å². The molecule has 2 saturated heterocycles.